The number of carbonyl (C=O) groups excluding carboxylic acids is 4. The van der Waals surface area contributed by atoms with E-state index in [-0.39, 0.29) is 23.1 Å². The van der Waals surface area contributed by atoms with E-state index in [1.54, 1.807) is 0 Å². The van der Waals surface area contributed by atoms with Crippen LogP contribution in [-0.2, 0) is 32.3 Å². The Morgan fingerprint density at radius 2 is 0.430 bits per heavy atom. The second kappa shape index (κ2) is 25.5. The number of H-pyrrole nitrogens is 2. The molecule has 4 aliphatic carbocycles. The molecule has 520 valence electrons. The van der Waals surface area contributed by atoms with Crippen molar-refractivity contribution in [1.29, 1.82) is 0 Å². The van der Waals surface area contributed by atoms with E-state index in [1.807, 2.05) is 0 Å². The fraction of sp³-hybridized carbons (Fsp3) is 0.378. The number of Topliss-reactive ketones (excluding diaryl/α,β-unsaturated/α-hetero) is 4. The molecule has 1 aliphatic heterocycles. The summed E-state index contributed by atoms with van der Waals surface area (Å²) in [6.45, 7) is 51.8. The van der Waals surface area contributed by atoms with Gasteiger partial charge in [0, 0.05) is 112 Å². The second-order valence-electron chi connectivity index (χ2n) is 36.3. The molecule has 0 atom stereocenters. The molecule has 5 aliphatic rings. The largest absolute Gasteiger partial charge is 0.354 e. The highest BCUT2D eigenvalue weighted by atomic mass is 79.9. The number of allylic oxidation sites excluding steroid dienone is 20. The maximum atomic E-state index is 15.2. The molecule has 0 fully saturated rings. The Hall–Kier alpha value is -7.92. The van der Waals surface area contributed by atoms with Gasteiger partial charge in [-0.05, 0) is 198 Å². The Kier molecular flexibility index (Phi) is 18.7. The van der Waals surface area contributed by atoms with E-state index in [0.29, 0.717) is 13.1 Å². The number of ketones is 4. The third-order valence-corrected chi connectivity index (χ3v) is 21.0. The standard InChI is InChI=1S/C90H102Br2N4O4/c1-83(2,3)59-41-53(42-60(79(59)97)84(4,5)6)75-67-33-34-68(93-67)76(54-43-61(85(7,8)9)80(98)62(44-54)86(10,11)12)73-39-40-74(96(73)50-52-27-31-58(92)32-28-52)78(56-47-65(89(19,20)21)82(100)66(48-56)90(22,23)24)70-36-35-69(94-70)77(55-45-63(87(13,14)15)81(99)64(46-55)88(16,17)18)72-38-37-71(75)95(72)49-51-25-29-57(91)30-26-51/h25-48,93-94H,49-50H2,1-24H3. The van der Waals surface area contributed by atoms with Crippen LogP contribution in [0, 0.1) is 43.3 Å². The molecular weight excluding hydrogens is 1360 g/mol. The molecular formula is C90H102Br2N4O4. The van der Waals surface area contributed by atoms with Gasteiger partial charge in [-0.2, -0.15) is 0 Å². The Labute approximate surface area is 612 Å². The minimum atomic E-state index is -0.537. The third kappa shape index (κ3) is 14.2. The SMILES string of the molecule is CC(C)(C)C1=CC(=C2c3ccc([nH]3)C(=C3C=C(C(C)(C)C)C(=O)C(C(C)(C)C)=C3)c3ccc(n3Cc3ccc(Br)cc3)C(=C3C=C(C(C)(C)C)C(=O)C(C(C)(C)C)=C3)c3ccc([nH]3)C(=C3C=C(C(C)(C)C)C(=O)C(C(C)(C)C)=C3)c3ccc2n3Cc2ccc(Br)cc2)C=C(C(C)(C)C)C1=O. The van der Waals surface area contributed by atoms with Crippen LogP contribution >= 0.6 is 31.9 Å². The summed E-state index contributed by atoms with van der Waals surface area (Å²) in [5.41, 5.74) is 17.5. The van der Waals surface area contributed by atoms with Gasteiger partial charge in [0.1, 0.15) is 0 Å². The van der Waals surface area contributed by atoms with Crippen molar-refractivity contribution in [3.8, 4) is 0 Å². The van der Waals surface area contributed by atoms with E-state index in [0.717, 1.165) is 155 Å². The highest BCUT2D eigenvalue weighted by molar-refractivity contribution is 9.10. The molecule has 6 aromatic rings. The number of fused-ring (bicyclic) bond motifs is 8. The summed E-state index contributed by atoms with van der Waals surface area (Å²) < 4.78 is 6.78. The van der Waals surface area contributed by atoms with Gasteiger partial charge in [0.25, 0.3) is 0 Å². The van der Waals surface area contributed by atoms with Crippen LogP contribution in [0.15, 0.2) is 221 Å². The van der Waals surface area contributed by atoms with E-state index in [2.05, 4.69) is 363 Å². The average molecular weight is 1460 g/mol. The first kappa shape index (κ1) is 73.3. The number of hydrogen-bond donors (Lipinski definition) is 2. The van der Waals surface area contributed by atoms with Crippen molar-refractivity contribution in [2.45, 2.75) is 179 Å². The number of carbonyl (C=O) groups is 4. The lowest BCUT2D eigenvalue weighted by molar-refractivity contribution is -0.114. The molecule has 0 amide bonds. The zero-order valence-corrected chi connectivity index (χ0v) is 66.7. The Morgan fingerprint density at radius 3 is 0.590 bits per heavy atom. The van der Waals surface area contributed by atoms with Gasteiger partial charge in [-0.3, -0.25) is 19.2 Å². The number of nitrogens with one attached hydrogen (secondary N) is 2. The maximum Gasteiger partial charge on any atom is 0.186 e. The monoisotopic (exact) mass is 1460 g/mol. The first-order valence-electron chi connectivity index (χ1n) is 35.3. The van der Waals surface area contributed by atoms with Crippen LogP contribution in [-0.4, -0.2) is 42.2 Å². The van der Waals surface area contributed by atoms with Crippen molar-refractivity contribution in [3.05, 3.63) is 278 Å². The van der Waals surface area contributed by atoms with Crippen molar-refractivity contribution in [2.75, 3.05) is 0 Å². The second-order valence-corrected chi connectivity index (χ2v) is 38.1. The number of aromatic amines is 2. The number of rotatable bonds is 4. The Balaban J connectivity index is 1.44. The molecule has 8 bridgehead atoms. The van der Waals surface area contributed by atoms with Crippen molar-refractivity contribution < 1.29 is 19.2 Å². The molecule has 100 heavy (non-hydrogen) atoms. The normalized spacial score (nSPS) is 17.4. The number of nitrogens with zero attached hydrogens (tertiary/aromatic N) is 2. The van der Waals surface area contributed by atoms with E-state index >= 15 is 19.2 Å². The van der Waals surface area contributed by atoms with Crippen LogP contribution in [0.25, 0.3) is 22.3 Å². The molecule has 0 unspecified atom stereocenters. The zero-order chi connectivity index (χ0) is 73.4. The predicted octanol–water partition coefficient (Wildman–Crippen LogP) is 23.2. The fourth-order valence-electron chi connectivity index (χ4n) is 14.4. The minimum Gasteiger partial charge on any atom is -0.354 e. The topological polar surface area (TPSA) is 110 Å². The summed E-state index contributed by atoms with van der Waals surface area (Å²) in [6, 6.07) is 34.8. The number of hydrogen-bond acceptors (Lipinski definition) is 4. The molecule has 2 N–H and O–H groups in total. The van der Waals surface area contributed by atoms with Crippen molar-refractivity contribution in [3.63, 3.8) is 0 Å². The van der Waals surface area contributed by atoms with Crippen LogP contribution in [0.5, 0.6) is 0 Å². The zero-order valence-electron chi connectivity index (χ0n) is 63.6. The average Bonchev–Trinajstić information content (AvgIpc) is 1.51. The van der Waals surface area contributed by atoms with Crippen LogP contribution < -0.4 is 0 Å². The Morgan fingerprint density at radius 1 is 0.260 bits per heavy atom. The number of benzene rings is 2. The van der Waals surface area contributed by atoms with Gasteiger partial charge in [0.2, 0.25) is 0 Å². The lowest BCUT2D eigenvalue weighted by Gasteiger charge is -2.32. The molecule has 11 rings (SSSR count). The highest BCUT2D eigenvalue weighted by Gasteiger charge is 2.41. The summed E-state index contributed by atoms with van der Waals surface area (Å²) in [7, 11) is 0. The highest BCUT2D eigenvalue weighted by Crippen LogP contribution is 2.50. The molecule has 10 heteroatoms. The molecule has 0 saturated carbocycles. The van der Waals surface area contributed by atoms with Gasteiger partial charge in [-0.15, -0.1) is 0 Å². The van der Waals surface area contributed by atoms with Gasteiger partial charge >= 0.3 is 0 Å². The lowest BCUT2D eigenvalue weighted by Crippen LogP contribution is -2.28. The lowest BCUT2D eigenvalue weighted by atomic mass is 9.71. The minimum absolute atomic E-state index is 0.0356. The van der Waals surface area contributed by atoms with E-state index < -0.39 is 43.3 Å². The summed E-state index contributed by atoms with van der Waals surface area (Å²) in [4.78, 5) is 69.2. The number of halogens is 2. The third-order valence-electron chi connectivity index (χ3n) is 19.9. The van der Waals surface area contributed by atoms with Crippen LogP contribution in [0.4, 0.5) is 0 Å². The van der Waals surface area contributed by atoms with Crippen LogP contribution in [0.2, 0.25) is 0 Å². The quantitative estimate of drug-likeness (QED) is 0.183. The first-order chi connectivity index (χ1) is 46.1. The molecule has 0 radical (unpaired) electrons. The fourth-order valence-corrected chi connectivity index (χ4v) is 14.9. The molecule has 4 aromatic heterocycles. The predicted molar refractivity (Wildman–Crippen MR) is 421 cm³/mol. The summed E-state index contributed by atoms with van der Waals surface area (Å²) in [5.74, 6) is 0.142. The van der Waals surface area contributed by atoms with Crippen LogP contribution in [0.3, 0.4) is 0 Å². The Bertz CT molecular complexity index is 4150. The van der Waals surface area contributed by atoms with Gasteiger partial charge < -0.3 is 19.1 Å². The van der Waals surface area contributed by atoms with E-state index in [4.69, 9.17) is 0 Å². The summed E-state index contributed by atoms with van der Waals surface area (Å²) in [5, 5.41) is 0. The van der Waals surface area contributed by atoms with Gasteiger partial charge in [0.15, 0.2) is 23.1 Å². The molecule has 8 nitrogen and oxygen atoms in total. The maximum absolute atomic E-state index is 15.2. The molecule has 2 aromatic carbocycles. The summed E-state index contributed by atoms with van der Waals surface area (Å²) in [6.07, 6.45) is 17.1. The van der Waals surface area contributed by atoms with Crippen LogP contribution in [0.1, 0.15) is 223 Å². The van der Waals surface area contributed by atoms with Gasteiger partial charge in [0.05, 0.1) is 22.8 Å². The van der Waals surface area contributed by atoms with Gasteiger partial charge in [-0.1, -0.05) is 222 Å². The van der Waals surface area contributed by atoms with E-state index in [1.165, 1.54) is 0 Å². The van der Waals surface area contributed by atoms with E-state index in [9.17, 15) is 0 Å². The molecule has 0 saturated heterocycles. The van der Waals surface area contributed by atoms with Gasteiger partial charge in [-0.25, -0.2) is 0 Å². The smallest absolute Gasteiger partial charge is 0.186 e. The number of aromatic nitrogens is 4. The molecule has 0 spiro atoms. The van der Waals surface area contributed by atoms with Crippen molar-refractivity contribution >= 4 is 77.3 Å². The molecule has 5 heterocycles. The first-order valence-corrected chi connectivity index (χ1v) is 36.9. The summed E-state index contributed by atoms with van der Waals surface area (Å²) >= 11 is 7.54. The van der Waals surface area contributed by atoms with Crippen molar-refractivity contribution in [2.24, 2.45) is 43.3 Å². The van der Waals surface area contributed by atoms with Crippen molar-refractivity contribution in [1.82, 2.24) is 19.1 Å².